The van der Waals surface area contributed by atoms with Crippen molar-refractivity contribution in [3.05, 3.63) is 58.1 Å². The van der Waals surface area contributed by atoms with E-state index in [1.54, 1.807) is 36.4 Å². The number of nitrogens with two attached hydrogens (primary N) is 1. The number of primary amides is 1. The van der Waals surface area contributed by atoms with Crippen molar-refractivity contribution < 1.29 is 29.0 Å². The Bertz CT molecular complexity index is 886. The van der Waals surface area contributed by atoms with Gasteiger partial charge in [-0.05, 0) is 45.8 Å². The molecular formula is C19H19BrN2O6. The highest BCUT2D eigenvalue weighted by atomic mass is 79.9. The smallest absolute Gasteiger partial charge is 0.305 e. The van der Waals surface area contributed by atoms with Crippen LogP contribution in [0.4, 0.5) is 0 Å². The zero-order valence-corrected chi connectivity index (χ0v) is 16.6. The number of rotatable bonds is 9. The average molecular weight is 451 g/mol. The van der Waals surface area contributed by atoms with Crippen molar-refractivity contribution in [2.24, 2.45) is 5.73 Å². The van der Waals surface area contributed by atoms with Crippen molar-refractivity contribution in [3.63, 3.8) is 0 Å². The van der Waals surface area contributed by atoms with Crippen molar-refractivity contribution in [3.8, 4) is 11.5 Å². The number of methoxy groups -OCH3 is 1. The number of carboxylic acid groups (broad SMARTS) is 1. The Morgan fingerprint density at radius 1 is 1.18 bits per heavy atom. The predicted octanol–water partition coefficient (Wildman–Crippen LogP) is 2.27. The lowest BCUT2D eigenvalue weighted by atomic mass is 10.0. The van der Waals surface area contributed by atoms with E-state index in [2.05, 4.69) is 21.2 Å². The number of carbonyl (C=O) groups is 3. The standard InChI is InChI=1S/C19H19BrN2O6/c1-27-16-8-11(6-7-15(16)28-10-17(21)23)14(9-18(24)25)22-19(26)12-4-2-3-5-13(12)20/h2-8,14H,9-10H2,1H3,(H2,21,23)(H,22,26)(H,24,25)/t14-/m0/s1. The Morgan fingerprint density at radius 2 is 1.89 bits per heavy atom. The highest BCUT2D eigenvalue weighted by molar-refractivity contribution is 9.10. The monoisotopic (exact) mass is 450 g/mol. The van der Waals surface area contributed by atoms with Gasteiger partial charge in [-0.3, -0.25) is 14.4 Å². The Kier molecular flexibility index (Phi) is 7.39. The molecule has 0 saturated carbocycles. The molecule has 0 bridgehead atoms. The molecule has 1 atom stereocenters. The quantitative estimate of drug-likeness (QED) is 0.537. The molecular weight excluding hydrogens is 432 g/mol. The lowest BCUT2D eigenvalue weighted by Crippen LogP contribution is -2.30. The van der Waals surface area contributed by atoms with E-state index in [1.165, 1.54) is 13.2 Å². The minimum atomic E-state index is -1.08. The number of aliphatic carboxylic acids is 1. The highest BCUT2D eigenvalue weighted by Crippen LogP contribution is 2.31. The predicted molar refractivity (Wildman–Crippen MR) is 104 cm³/mol. The van der Waals surface area contributed by atoms with Gasteiger partial charge in [0.2, 0.25) is 0 Å². The molecule has 0 spiro atoms. The molecule has 0 aliphatic heterocycles. The van der Waals surface area contributed by atoms with Crippen LogP contribution in [0.3, 0.4) is 0 Å². The molecule has 4 N–H and O–H groups in total. The van der Waals surface area contributed by atoms with Crippen LogP contribution in [0.15, 0.2) is 46.9 Å². The summed E-state index contributed by atoms with van der Waals surface area (Å²) in [6.45, 7) is -0.326. The molecule has 2 rings (SSSR count). The van der Waals surface area contributed by atoms with Crippen LogP contribution in [-0.2, 0) is 9.59 Å². The normalized spacial score (nSPS) is 11.4. The summed E-state index contributed by atoms with van der Waals surface area (Å²) in [5.41, 5.74) is 5.95. The van der Waals surface area contributed by atoms with Crippen LogP contribution in [0.25, 0.3) is 0 Å². The fourth-order valence-electron chi connectivity index (χ4n) is 2.48. The summed E-state index contributed by atoms with van der Waals surface area (Å²) in [7, 11) is 1.40. The fourth-order valence-corrected chi connectivity index (χ4v) is 2.94. The van der Waals surface area contributed by atoms with E-state index in [4.69, 9.17) is 15.2 Å². The van der Waals surface area contributed by atoms with Crippen molar-refractivity contribution in [2.75, 3.05) is 13.7 Å². The molecule has 0 aliphatic carbocycles. The number of hydrogen-bond donors (Lipinski definition) is 3. The van der Waals surface area contributed by atoms with Crippen LogP contribution >= 0.6 is 15.9 Å². The molecule has 148 valence electrons. The van der Waals surface area contributed by atoms with Crippen molar-refractivity contribution >= 4 is 33.7 Å². The molecule has 0 heterocycles. The van der Waals surface area contributed by atoms with Crippen LogP contribution in [0.5, 0.6) is 11.5 Å². The largest absolute Gasteiger partial charge is 0.493 e. The Morgan fingerprint density at radius 3 is 2.50 bits per heavy atom. The van der Waals surface area contributed by atoms with Gasteiger partial charge in [0.25, 0.3) is 11.8 Å². The average Bonchev–Trinajstić information content (AvgIpc) is 2.65. The number of nitrogens with one attached hydrogen (secondary N) is 1. The minimum absolute atomic E-state index is 0.274. The van der Waals surface area contributed by atoms with Gasteiger partial charge < -0.3 is 25.6 Å². The Labute approximate surface area is 169 Å². The van der Waals surface area contributed by atoms with Crippen molar-refractivity contribution in [2.45, 2.75) is 12.5 Å². The van der Waals surface area contributed by atoms with Crippen LogP contribution in [0, 0.1) is 0 Å². The summed E-state index contributed by atoms with van der Waals surface area (Å²) in [6.07, 6.45) is -0.333. The van der Waals surface area contributed by atoms with E-state index < -0.39 is 23.8 Å². The minimum Gasteiger partial charge on any atom is -0.493 e. The molecule has 0 radical (unpaired) electrons. The second-order valence-corrected chi connectivity index (χ2v) is 6.62. The van der Waals surface area contributed by atoms with Gasteiger partial charge in [-0.15, -0.1) is 0 Å². The van der Waals surface area contributed by atoms with Gasteiger partial charge in [-0.25, -0.2) is 0 Å². The molecule has 28 heavy (non-hydrogen) atoms. The maximum Gasteiger partial charge on any atom is 0.305 e. The van der Waals surface area contributed by atoms with Gasteiger partial charge in [0.15, 0.2) is 18.1 Å². The zero-order chi connectivity index (χ0) is 20.7. The molecule has 2 aromatic rings. The first-order valence-corrected chi connectivity index (χ1v) is 8.97. The second-order valence-electron chi connectivity index (χ2n) is 5.77. The number of benzene rings is 2. The summed E-state index contributed by atoms with van der Waals surface area (Å²) >= 11 is 3.30. The van der Waals surface area contributed by atoms with Gasteiger partial charge in [-0.1, -0.05) is 18.2 Å². The molecule has 2 amide bonds. The topological polar surface area (TPSA) is 128 Å². The SMILES string of the molecule is COc1cc([C@H](CC(=O)O)NC(=O)c2ccccc2Br)ccc1OCC(N)=O. The highest BCUT2D eigenvalue weighted by Gasteiger charge is 2.21. The third kappa shape index (κ3) is 5.71. The van der Waals surface area contributed by atoms with Crippen molar-refractivity contribution in [1.82, 2.24) is 5.32 Å². The molecule has 0 aliphatic rings. The zero-order valence-electron chi connectivity index (χ0n) is 15.0. The first-order chi connectivity index (χ1) is 13.3. The Hall–Kier alpha value is -3.07. The number of carbonyl (C=O) groups excluding carboxylic acids is 2. The molecule has 9 heteroatoms. The first-order valence-electron chi connectivity index (χ1n) is 8.18. The van der Waals surface area contributed by atoms with Crippen LogP contribution in [0.2, 0.25) is 0 Å². The van der Waals surface area contributed by atoms with E-state index in [0.29, 0.717) is 15.6 Å². The molecule has 0 unspecified atom stereocenters. The molecule has 0 fully saturated rings. The fraction of sp³-hybridized carbons (Fsp3) is 0.211. The van der Waals surface area contributed by atoms with Crippen molar-refractivity contribution in [1.29, 1.82) is 0 Å². The van der Waals surface area contributed by atoms with Crippen LogP contribution in [0.1, 0.15) is 28.4 Å². The Balaban J connectivity index is 2.29. The summed E-state index contributed by atoms with van der Waals surface area (Å²) in [5.74, 6) is -1.59. The summed E-state index contributed by atoms with van der Waals surface area (Å²) in [5, 5.41) is 12.0. The van der Waals surface area contributed by atoms with Crippen LogP contribution in [-0.4, -0.2) is 36.6 Å². The summed E-state index contributed by atoms with van der Waals surface area (Å²) < 4.78 is 11.1. The molecule has 0 saturated heterocycles. The molecule has 8 nitrogen and oxygen atoms in total. The third-order valence-corrected chi connectivity index (χ3v) is 4.45. The number of hydrogen-bond acceptors (Lipinski definition) is 5. The van der Waals surface area contributed by atoms with E-state index >= 15 is 0 Å². The number of amides is 2. The van der Waals surface area contributed by atoms with Gasteiger partial charge in [0, 0.05) is 4.47 Å². The second kappa shape index (κ2) is 9.75. The van der Waals surface area contributed by atoms with Gasteiger partial charge in [-0.2, -0.15) is 0 Å². The number of halogens is 1. The van der Waals surface area contributed by atoms with Crippen LogP contribution < -0.4 is 20.5 Å². The van der Waals surface area contributed by atoms with Gasteiger partial charge in [0.1, 0.15) is 0 Å². The first kappa shape index (κ1) is 21.2. The maximum atomic E-state index is 12.6. The molecule has 2 aromatic carbocycles. The number of carboxylic acids is 1. The van der Waals surface area contributed by atoms with E-state index in [9.17, 15) is 19.5 Å². The summed E-state index contributed by atoms with van der Waals surface area (Å²) in [4.78, 5) is 34.8. The summed E-state index contributed by atoms with van der Waals surface area (Å²) in [6, 6.07) is 10.7. The maximum absolute atomic E-state index is 12.6. The third-order valence-electron chi connectivity index (χ3n) is 3.76. The van der Waals surface area contributed by atoms with E-state index in [-0.39, 0.29) is 24.5 Å². The number of ether oxygens (including phenoxy) is 2. The van der Waals surface area contributed by atoms with Gasteiger partial charge >= 0.3 is 5.97 Å². The lowest BCUT2D eigenvalue weighted by Gasteiger charge is -2.20. The van der Waals surface area contributed by atoms with E-state index in [0.717, 1.165) is 0 Å². The van der Waals surface area contributed by atoms with E-state index in [1.807, 2.05) is 0 Å². The van der Waals surface area contributed by atoms with Gasteiger partial charge in [0.05, 0.1) is 25.1 Å². The lowest BCUT2D eigenvalue weighted by molar-refractivity contribution is -0.137. The molecule has 0 aromatic heterocycles.